The van der Waals surface area contributed by atoms with E-state index in [2.05, 4.69) is 5.10 Å². The fourth-order valence-corrected chi connectivity index (χ4v) is 4.16. The third kappa shape index (κ3) is 4.16. The molecule has 2 aliphatic rings. The second-order valence-corrected chi connectivity index (χ2v) is 8.24. The number of nitrogens with zero attached hydrogens (tertiary/aromatic N) is 2. The van der Waals surface area contributed by atoms with Crippen LogP contribution in [0.25, 0.3) is 0 Å². The highest BCUT2D eigenvalue weighted by Gasteiger charge is 2.38. The summed E-state index contributed by atoms with van der Waals surface area (Å²) in [6.45, 7) is 2.48. The van der Waals surface area contributed by atoms with E-state index in [0.29, 0.717) is 18.4 Å². The molecule has 2 aromatic rings. The summed E-state index contributed by atoms with van der Waals surface area (Å²) in [4.78, 5) is 11.5. The first-order valence-electron chi connectivity index (χ1n) is 10.1. The second-order valence-electron chi connectivity index (χ2n) is 8.24. The van der Waals surface area contributed by atoms with Crippen molar-refractivity contribution in [1.82, 2.24) is 9.78 Å². The minimum absolute atomic E-state index is 0.0708. The number of ether oxygens (including phenoxy) is 2. The number of aromatic nitrogens is 2. The zero-order valence-electron chi connectivity index (χ0n) is 16.5. The van der Waals surface area contributed by atoms with Gasteiger partial charge < -0.3 is 14.6 Å². The van der Waals surface area contributed by atoms with Crippen molar-refractivity contribution in [3.05, 3.63) is 42.1 Å². The molecule has 28 heavy (non-hydrogen) atoms. The van der Waals surface area contributed by atoms with Gasteiger partial charge in [-0.3, -0.25) is 4.79 Å². The molecule has 1 aromatic carbocycles. The maximum absolute atomic E-state index is 11.5. The minimum Gasteiger partial charge on any atom is -0.493 e. The van der Waals surface area contributed by atoms with Gasteiger partial charge in [-0.2, -0.15) is 5.10 Å². The molecule has 2 fully saturated rings. The van der Waals surface area contributed by atoms with E-state index in [0.717, 1.165) is 42.9 Å². The zero-order valence-corrected chi connectivity index (χ0v) is 16.5. The predicted molar refractivity (Wildman–Crippen MR) is 105 cm³/mol. The Morgan fingerprint density at radius 1 is 1.32 bits per heavy atom. The maximum Gasteiger partial charge on any atom is 0.306 e. The largest absolute Gasteiger partial charge is 0.493 e. The summed E-state index contributed by atoms with van der Waals surface area (Å²) in [6, 6.07) is 9.88. The van der Waals surface area contributed by atoms with Crippen LogP contribution in [0.2, 0.25) is 0 Å². The molecule has 4 rings (SSSR count). The fraction of sp³-hybridized carbons (Fsp3) is 0.545. The molecule has 0 saturated heterocycles. The van der Waals surface area contributed by atoms with Crippen molar-refractivity contribution in [2.45, 2.75) is 44.6 Å². The molecule has 0 aliphatic heterocycles. The van der Waals surface area contributed by atoms with E-state index in [1.165, 1.54) is 0 Å². The average Bonchev–Trinajstić information content (AvgIpc) is 3.39. The van der Waals surface area contributed by atoms with Gasteiger partial charge in [-0.15, -0.1) is 0 Å². The van der Waals surface area contributed by atoms with Gasteiger partial charge in [0.15, 0.2) is 0 Å². The summed E-state index contributed by atoms with van der Waals surface area (Å²) >= 11 is 0. The van der Waals surface area contributed by atoms with Crippen LogP contribution in [0.1, 0.15) is 44.1 Å². The van der Waals surface area contributed by atoms with Gasteiger partial charge in [-0.1, -0.05) is 19.1 Å². The minimum atomic E-state index is -0.725. The third-order valence-corrected chi connectivity index (χ3v) is 6.04. The first kappa shape index (κ1) is 18.8. The first-order chi connectivity index (χ1) is 13.5. The molecule has 2 atom stereocenters. The van der Waals surface area contributed by atoms with Gasteiger partial charge in [-0.05, 0) is 61.1 Å². The summed E-state index contributed by atoms with van der Waals surface area (Å²) < 4.78 is 13.7. The normalized spacial score (nSPS) is 23.5. The topological polar surface area (TPSA) is 73.6 Å². The molecule has 150 valence electrons. The van der Waals surface area contributed by atoms with Gasteiger partial charge in [0.05, 0.1) is 18.7 Å². The number of carboxylic acid groups (broad SMARTS) is 1. The van der Waals surface area contributed by atoms with Gasteiger partial charge in [0, 0.05) is 13.1 Å². The highest BCUT2D eigenvalue weighted by atomic mass is 16.5. The van der Waals surface area contributed by atoms with Crippen LogP contribution in [0.15, 0.2) is 36.5 Å². The van der Waals surface area contributed by atoms with E-state index >= 15 is 0 Å². The Bertz CT molecular complexity index is 823. The Balaban J connectivity index is 1.30. The van der Waals surface area contributed by atoms with E-state index in [1.54, 1.807) is 10.9 Å². The highest BCUT2D eigenvalue weighted by Crippen LogP contribution is 2.47. The zero-order chi connectivity index (χ0) is 19.7. The van der Waals surface area contributed by atoms with Gasteiger partial charge in [0.1, 0.15) is 11.9 Å². The Morgan fingerprint density at radius 2 is 2.11 bits per heavy atom. The Hall–Kier alpha value is -2.50. The summed E-state index contributed by atoms with van der Waals surface area (Å²) in [6.07, 6.45) is 6.16. The van der Waals surface area contributed by atoms with Crippen LogP contribution >= 0.6 is 0 Å². The number of aryl methyl sites for hydroxylation is 1. The van der Waals surface area contributed by atoms with Crippen LogP contribution in [-0.4, -0.2) is 33.6 Å². The molecule has 0 bridgehead atoms. The van der Waals surface area contributed by atoms with Crippen LogP contribution in [0, 0.1) is 17.8 Å². The van der Waals surface area contributed by atoms with Crippen molar-refractivity contribution >= 4 is 5.97 Å². The van der Waals surface area contributed by atoms with E-state index < -0.39 is 5.97 Å². The third-order valence-electron chi connectivity index (χ3n) is 6.04. The van der Waals surface area contributed by atoms with Crippen molar-refractivity contribution in [3.63, 3.8) is 0 Å². The van der Waals surface area contributed by atoms with Crippen LogP contribution in [0.3, 0.4) is 0 Å². The first-order valence-corrected chi connectivity index (χ1v) is 10.1. The lowest BCUT2D eigenvalue weighted by atomic mass is 9.82. The van der Waals surface area contributed by atoms with Crippen molar-refractivity contribution in [3.8, 4) is 11.6 Å². The molecule has 6 heteroatoms. The second kappa shape index (κ2) is 7.86. The molecule has 0 amide bonds. The number of rotatable bonds is 9. The highest BCUT2D eigenvalue weighted by molar-refractivity contribution is 5.71. The van der Waals surface area contributed by atoms with Crippen molar-refractivity contribution in [2.75, 3.05) is 6.61 Å². The van der Waals surface area contributed by atoms with Crippen LogP contribution in [-0.2, 0) is 11.8 Å². The number of hydrogen-bond acceptors (Lipinski definition) is 4. The molecule has 2 saturated carbocycles. The summed E-state index contributed by atoms with van der Waals surface area (Å²) in [5, 5.41) is 13.6. The Labute approximate surface area is 165 Å². The van der Waals surface area contributed by atoms with Crippen LogP contribution in [0.4, 0.5) is 0 Å². The fourth-order valence-electron chi connectivity index (χ4n) is 4.16. The number of benzene rings is 1. The van der Waals surface area contributed by atoms with Gasteiger partial charge >= 0.3 is 5.97 Å². The maximum atomic E-state index is 11.5. The van der Waals surface area contributed by atoms with Crippen molar-refractivity contribution in [2.24, 2.45) is 24.8 Å². The number of aliphatic carboxylic acids is 1. The summed E-state index contributed by atoms with van der Waals surface area (Å²) in [5.74, 6) is 1.57. The molecule has 0 radical (unpaired) electrons. The molecule has 1 heterocycles. The van der Waals surface area contributed by atoms with Crippen LogP contribution in [0.5, 0.6) is 11.6 Å². The molecular formula is C22H28N2O4. The van der Waals surface area contributed by atoms with Gasteiger partial charge in [-0.25, -0.2) is 4.68 Å². The summed E-state index contributed by atoms with van der Waals surface area (Å²) in [7, 11) is 1.88. The molecule has 0 spiro atoms. The van der Waals surface area contributed by atoms with E-state index in [4.69, 9.17) is 9.47 Å². The van der Waals surface area contributed by atoms with E-state index in [9.17, 15) is 9.90 Å². The van der Waals surface area contributed by atoms with Crippen molar-refractivity contribution in [1.29, 1.82) is 0 Å². The lowest BCUT2D eigenvalue weighted by Crippen LogP contribution is -2.37. The molecular weight excluding hydrogens is 356 g/mol. The number of hydrogen-bond donors (Lipinski definition) is 1. The monoisotopic (exact) mass is 384 g/mol. The van der Waals surface area contributed by atoms with Gasteiger partial charge in [0.2, 0.25) is 5.88 Å². The number of carbonyl (C=O) groups is 1. The number of carboxylic acids is 1. The standard InChI is InChI=1S/C22H28N2O4/c1-14(22(25)26)21(16-6-7-16)17-4-3-5-18(12-17)27-13-15-10-19(11-15)28-20-8-9-23-24(20)2/h3-5,8-9,12,14-16,19,21H,6-7,10-11,13H2,1-2H3,(H,25,26)/t14-,15?,19?,21-/m0/s1. The summed E-state index contributed by atoms with van der Waals surface area (Å²) in [5.41, 5.74) is 1.08. The SMILES string of the molecule is C[C@H](C(=O)O)[C@H](c1cccc(OCC2CC(Oc3ccnn3C)C2)c1)C1CC1. The predicted octanol–water partition coefficient (Wildman–Crippen LogP) is 3.87. The van der Waals surface area contributed by atoms with E-state index in [-0.39, 0.29) is 17.9 Å². The molecule has 1 aromatic heterocycles. The average molecular weight is 384 g/mol. The van der Waals surface area contributed by atoms with Gasteiger partial charge in [0.25, 0.3) is 0 Å². The molecule has 6 nitrogen and oxygen atoms in total. The molecule has 0 unspecified atom stereocenters. The quantitative estimate of drug-likeness (QED) is 0.710. The Kier molecular flexibility index (Phi) is 5.29. The lowest BCUT2D eigenvalue weighted by molar-refractivity contribution is -0.142. The van der Waals surface area contributed by atoms with Crippen molar-refractivity contribution < 1.29 is 19.4 Å². The smallest absolute Gasteiger partial charge is 0.306 e. The van der Waals surface area contributed by atoms with E-state index in [1.807, 2.05) is 44.3 Å². The molecule has 2 aliphatic carbocycles. The lowest BCUT2D eigenvalue weighted by Gasteiger charge is -2.35. The molecule has 1 N–H and O–H groups in total. The van der Waals surface area contributed by atoms with Crippen LogP contribution < -0.4 is 9.47 Å². The Morgan fingerprint density at radius 3 is 2.75 bits per heavy atom.